The van der Waals surface area contributed by atoms with Crippen molar-refractivity contribution >= 4 is 35.0 Å². The van der Waals surface area contributed by atoms with Crippen LogP contribution in [0.25, 0.3) is 0 Å². The van der Waals surface area contributed by atoms with Crippen LogP contribution < -0.4 is 5.32 Å². The van der Waals surface area contributed by atoms with Crippen molar-refractivity contribution in [1.29, 1.82) is 0 Å². The zero-order chi connectivity index (χ0) is 22.2. The largest absolute Gasteiger partial charge is 0.357 e. The summed E-state index contributed by atoms with van der Waals surface area (Å²) in [7, 11) is 1.59. The van der Waals surface area contributed by atoms with E-state index in [0.29, 0.717) is 23.0 Å². The van der Waals surface area contributed by atoms with E-state index >= 15 is 0 Å². The second kappa shape index (κ2) is 11.0. The molecule has 0 spiro atoms. The third kappa shape index (κ3) is 6.33. The quantitative estimate of drug-likeness (QED) is 0.524. The van der Waals surface area contributed by atoms with Gasteiger partial charge in [0.15, 0.2) is 0 Å². The van der Waals surface area contributed by atoms with Crippen molar-refractivity contribution in [3.8, 4) is 0 Å². The Bertz CT molecular complexity index is 1030. The molecule has 0 saturated heterocycles. The van der Waals surface area contributed by atoms with E-state index in [2.05, 4.69) is 5.32 Å². The van der Waals surface area contributed by atoms with E-state index in [0.717, 1.165) is 16.7 Å². The fourth-order valence-electron chi connectivity index (χ4n) is 3.43. The molecule has 0 aromatic heterocycles. The second-order valence-corrected chi connectivity index (χ2v) is 8.07. The molecule has 1 unspecified atom stereocenters. The number of rotatable bonds is 8. The summed E-state index contributed by atoms with van der Waals surface area (Å²) >= 11 is 12.1. The molecule has 1 N–H and O–H groups in total. The summed E-state index contributed by atoms with van der Waals surface area (Å²) in [5, 5.41) is 3.55. The number of hydrogen-bond acceptors (Lipinski definition) is 2. The minimum absolute atomic E-state index is 0.117. The Balaban J connectivity index is 1.92. The Morgan fingerprint density at radius 3 is 2.03 bits per heavy atom. The van der Waals surface area contributed by atoms with Crippen LogP contribution in [-0.4, -0.2) is 29.8 Å². The number of amides is 2. The van der Waals surface area contributed by atoms with Gasteiger partial charge in [-0.05, 0) is 28.8 Å². The number of carbonyl (C=O) groups is 2. The predicted octanol–water partition coefficient (Wildman–Crippen LogP) is 4.92. The molecule has 0 heterocycles. The van der Waals surface area contributed by atoms with E-state index in [-0.39, 0.29) is 18.2 Å². The Labute approximate surface area is 192 Å². The number of carbonyl (C=O) groups excluding carboxylic acids is 2. The van der Waals surface area contributed by atoms with Crippen LogP contribution in [-0.2, 0) is 29.0 Å². The van der Waals surface area contributed by atoms with Crippen molar-refractivity contribution in [2.75, 3.05) is 7.05 Å². The minimum Gasteiger partial charge on any atom is -0.357 e. The first-order chi connectivity index (χ1) is 15.0. The molecule has 160 valence electrons. The van der Waals surface area contributed by atoms with Crippen LogP contribution in [0.2, 0.25) is 10.0 Å². The van der Waals surface area contributed by atoms with Crippen molar-refractivity contribution in [2.45, 2.75) is 25.4 Å². The molecular weight excluding hydrogens is 431 g/mol. The normalized spacial score (nSPS) is 11.6. The minimum atomic E-state index is -0.650. The lowest BCUT2D eigenvalue weighted by atomic mass is 10.0. The molecule has 0 aliphatic rings. The highest BCUT2D eigenvalue weighted by atomic mass is 35.5. The van der Waals surface area contributed by atoms with Gasteiger partial charge in [0.05, 0.1) is 16.5 Å². The van der Waals surface area contributed by atoms with Gasteiger partial charge in [-0.3, -0.25) is 9.59 Å². The number of hydrogen-bond donors (Lipinski definition) is 1. The Hall–Kier alpha value is -2.82. The first-order valence-electron chi connectivity index (χ1n) is 10.0. The average Bonchev–Trinajstić information content (AvgIpc) is 2.79. The Kier molecular flexibility index (Phi) is 8.10. The molecule has 3 aromatic carbocycles. The highest BCUT2D eigenvalue weighted by Crippen LogP contribution is 2.24. The number of likely N-dealkylation sites (N-methyl/N-ethyl adjacent to an activating group) is 1. The molecule has 3 rings (SSSR count). The van der Waals surface area contributed by atoms with Gasteiger partial charge < -0.3 is 10.2 Å². The standard InChI is InChI=1S/C25H24Cl2N2O2/c1-28-25(31)23(15-18-8-4-2-5-9-18)29(17-19-10-6-3-7-11-19)24(30)16-20-12-13-21(26)22(27)14-20/h2-14,23H,15-17H2,1H3,(H,28,31). The molecule has 31 heavy (non-hydrogen) atoms. The highest BCUT2D eigenvalue weighted by Gasteiger charge is 2.29. The summed E-state index contributed by atoms with van der Waals surface area (Å²) in [5.41, 5.74) is 2.68. The fraction of sp³-hybridized carbons (Fsp3) is 0.200. The van der Waals surface area contributed by atoms with Crippen molar-refractivity contribution in [2.24, 2.45) is 0 Å². The first kappa shape index (κ1) is 22.9. The van der Waals surface area contributed by atoms with Crippen molar-refractivity contribution < 1.29 is 9.59 Å². The maximum absolute atomic E-state index is 13.4. The maximum Gasteiger partial charge on any atom is 0.242 e. The molecule has 0 bridgehead atoms. The van der Waals surface area contributed by atoms with Crippen LogP contribution in [0.4, 0.5) is 0 Å². The van der Waals surface area contributed by atoms with Crippen LogP contribution in [0, 0.1) is 0 Å². The van der Waals surface area contributed by atoms with Crippen LogP contribution in [0.15, 0.2) is 78.9 Å². The van der Waals surface area contributed by atoms with E-state index in [4.69, 9.17) is 23.2 Å². The molecule has 0 aliphatic heterocycles. The highest BCUT2D eigenvalue weighted by molar-refractivity contribution is 6.42. The van der Waals surface area contributed by atoms with Gasteiger partial charge in [0.2, 0.25) is 11.8 Å². The van der Waals surface area contributed by atoms with Crippen LogP contribution in [0.5, 0.6) is 0 Å². The predicted molar refractivity (Wildman–Crippen MR) is 125 cm³/mol. The van der Waals surface area contributed by atoms with E-state index in [1.807, 2.05) is 60.7 Å². The molecule has 1 atom stereocenters. The molecule has 2 amide bonds. The number of benzene rings is 3. The zero-order valence-electron chi connectivity index (χ0n) is 17.2. The SMILES string of the molecule is CNC(=O)C(Cc1ccccc1)N(Cc1ccccc1)C(=O)Cc1ccc(Cl)c(Cl)c1. The van der Waals surface area contributed by atoms with Crippen LogP contribution in [0.1, 0.15) is 16.7 Å². The Morgan fingerprint density at radius 2 is 1.45 bits per heavy atom. The summed E-state index contributed by atoms with van der Waals surface area (Å²) in [6.45, 7) is 0.325. The molecular formula is C25H24Cl2N2O2. The van der Waals surface area contributed by atoms with Gasteiger partial charge in [0.25, 0.3) is 0 Å². The van der Waals surface area contributed by atoms with Gasteiger partial charge >= 0.3 is 0 Å². The van der Waals surface area contributed by atoms with E-state index in [1.54, 1.807) is 30.1 Å². The lowest BCUT2D eigenvalue weighted by Gasteiger charge is -2.31. The summed E-state index contributed by atoms with van der Waals surface area (Å²) < 4.78 is 0. The van der Waals surface area contributed by atoms with Gasteiger partial charge in [-0.25, -0.2) is 0 Å². The smallest absolute Gasteiger partial charge is 0.242 e. The summed E-state index contributed by atoms with van der Waals surface area (Å²) in [4.78, 5) is 27.9. The molecule has 4 nitrogen and oxygen atoms in total. The summed E-state index contributed by atoms with van der Waals surface area (Å²) in [5.74, 6) is -0.367. The van der Waals surface area contributed by atoms with Crippen LogP contribution >= 0.6 is 23.2 Å². The summed E-state index contributed by atoms with van der Waals surface area (Å²) in [6.07, 6.45) is 0.534. The zero-order valence-corrected chi connectivity index (χ0v) is 18.7. The second-order valence-electron chi connectivity index (χ2n) is 7.25. The van der Waals surface area contributed by atoms with Gasteiger partial charge in [0.1, 0.15) is 6.04 Å². The Morgan fingerprint density at radius 1 is 0.839 bits per heavy atom. The molecule has 0 radical (unpaired) electrons. The van der Waals surface area contributed by atoms with E-state index in [1.165, 1.54) is 0 Å². The maximum atomic E-state index is 13.4. The lowest BCUT2D eigenvalue weighted by Crippen LogP contribution is -2.50. The molecule has 0 aliphatic carbocycles. The van der Waals surface area contributed by atoms with Gasteiger partial charge in [-0.2, -0.15) is 0 Å². The van der Waals surface area contributed by atoms with Gasteiger partial charge in [0, 0.05) is 20.0 Å². The molecule has 0 fully saturated rings. The monoisotopic (exact) mass is 454 g/mol. The van der Waals surface area contributed by atoms with Crippen molar-refractivity contribution in [1.82, 2.24) is 10.2 Å². The third-order valence-electron chi connectivity index (χ3n) is 5.05. The lowest BCUT2D eigenvalue weighted by molar-refractivity contribution is -0.140. The average molecular weight is 455 g/mol. The third-order valence-corrected chi connectivity index (χ3v) is 5.79. The summed E-state index contributed by atoms with van der Waals surface area (Å²) in [6, 6.07) is 23.8. The van der Waals surface area contributed by atoms with Crippen molar-refractivity contribution in [3.63, 3.8) is 0 Å². The molecule has 3 aromatic rings. The van der Waals surface area contributed by atoms with E-state index in [9.17, 15) is 9.59 Å². The first-order valence-corrected chi connectivity index (χ1v) is 10.8. The van der Waals surface area contributed by atoms with Gasteiger partial charge in [-0.1, -0.05) is 89.9 Å². The topological polar surface area (TPSA) is 49.4 Å². The number of nitrogens with zero attached hydrogens (tertiary/aromatic N) is 1. The number of nitrogens with one attached hydrogen (secondary N) is 1. The fourth-order valence-corrected chi connectivity index (χ4v) is 3.75. The molecule has 0 saturated carbocycles. The van der Waals surface area contributed by atoms with E-state index < -0.39 is 6.04 Å². The van der Waals surface area contributed by atoms with Crippen LogP contribution in [0.3, 0.4) is 0 Å². The molecule has 6 heteroatoms. The number of halogens is 2. The van der Waals surface area contributed by atoms with Crippen molar-refractivity contribution in [3.05, 3.63) is 106 Å². The van der Waals surface area contributed by atoms with Gasteiger partial charge in [-0.15, -0.1) is 0 Å².